The number of amides is 1. The molecule has 2 unspecified atom stereocenters. The van der Waals surface area contributed by atoms with E-state index >= 15 is 0 Å². The van der Waals surface area contributed by atoms with Crippen molar-refractivity contribution in [2.45, 2.75) is 12.8 Å². The summed E-state index contributed by atoms with van der Waals surface area (Å²) >= 11 is 0. The fourth-order valence-electron chi connectivity index (χ4n) is 3.55. The molecule has 1 saturated carbocycles. The van der Waals surface area contributed by atoms with E-state index in [-0.39, 0.29) is 5.91 Å². The Labute approximate surface area is 182 Å². The molecule has 1 aromatic carbocycles. The minimum atomic E-state index is -0.126. The van der Waals surface area contributed by atoms with Crippen LogP contribution in [0.25, 0.3) is 0 Å². The Balaban J connectivity index is 1.32. The molecule has 6 heteroatoms. The third kappa shape index (κ3) is 5.63. The summed E-state index contributed by atoms with van der Waals surface area (Å²) in [7, 11) is 0. The molecule has 1 amide bonds. The fraction of sp³-hybridized carbons (Fsp3) is 0.200. The molecule has 0 spiro atoms. The van der Waals surface area contributed by atoms with Gasteiger partial charge in [0.15, 0.2) is 0 Å². The zero-order chi connectivity index (χ0) is 21.6. The van der Waals surface area contributed by atoms with Crippen LogP contribution in [0.5, 0.6) is 0 Å². The molecule has 2 aromatic rings. The highest BCUT2D eigenvalue weighted by atomic mass is 16.1. The van der Waals surface area contributed by atoms with Gasteiger partial charge in [0.05, 0.1) is 0 Å². The van der Waals surface area contributed by atoms with Crippen LogP contribution < -0.4 is 22.1 Å². The van der Waals surface area contributed by atoms with Gasteiger partial charge in [-0.15, -0.1) is 0 Å². The Morgan fingerprint density at radius 2 is 1.97 bits per heavy atom. The van der Waals surface area contributed by atoms with Crippen LogP contribution in [0.15, 0.2) is 96.3 Å². The van der Waals surface area contributed by atoms with E-state index in [0.29, 0.717) is 35.5 Å². The minimum Gasteiger partial charge on any atom is -0.398 e. The predicted molar refractivity (Wildman–Crippen MR) is 124 cm³/mol. The molecule has 0 saturated heterocycles. The van der Waals surface area contributed by atoms with Crippen LogP contribution in [-0.4, -0.2) is 17.4 Å². The van der Waals surface area contributed by atoms with Crippen molar-refractivity contribution in [1.29, 1.82) is 0 Å². The maximum Gasteiger partial charge on any atom is 0.251 e. The Bertz CT molecular complexity index is 1070. The first-order valence-corrected chi connectivity index (χ1v) is 10.5. The second kappa shape index (κ2) is 9.34. The van der Waals surface area contributed by atoms with E-state index in [1.54, 1.807) is 36.7 Å². The lowest BCUT2D eigenvalue weighted by atomic mass is 10.0. The molecule has 158 valence electrons. The number of benzene rings is 1. The zero-order valence-corrected chi connectivity index (χ0v) is 17.3. The van der Waals surface area contributed by atoms with Crippen LogP contribution >= 0.6 is 0 Å². The number of carbonyl (C=O) groups excluding carboxylic acids is 1. The first-order chi connectivity index (χ1) is 15.1. The number of aromatic nitrogens is 1. The van der Waals surface area contributed by atoms with Gasteiger partial charge in [-0.25, -0.2) is 0 Å². The number of anilines is 1. The third-order valence-corrected chi connectivity index (χ3v) is 5.45. The lowest BCUT2D eigenvalue weighted by Gasteiger charge is -2.10. The molecule has 31 heavy (non-hydrogen) atoms. The standard InChI is InChI=1S/C25H27N5O/c26-23(19-5-4-18-14-21(18)15-19)6-7-24(27)30-22-3-1-2-20(16-22)25(31)29-13-10-17-8-11-28-12-9-17/h1-9,11-12,15-16,18,21,30H,10,13-14,26-27H2,(H,29,31)/b23-6-,24-7+. The number of nitrogens with one attached hydrogen (secondary N) is 2. The summed E-state index contributed by atoms with van der Waals surface area (Å²) in [6.45, 7) is 0.554. The molecule has 1 fully saturated rings. The van der Waals surface area contributed by atoms with Gasteiger partial charge in [0.2, 0.25) is 0 Å². The van der Waals surface area contributed by atoms with Gasteiger partial charge in [-0.05, 0) is 78.3 Å². The fourth-order valence-corrected chi connectivity index (χ4v) is 3.55. The lowest BCUT2D eigenvalue weighted by molar-refractivity contribution is 0.0954. The van der Waals surface area contributed by atoms with Crippen LogP contribution in [0.4, 0.5) is 5.69 Å². The van der Waals surface area contributed by atoms with Crippen LogP contribution in [-0.2, 0) is 6.42 Å². The summed E-state index contributed by atoms with van der Waals surface area (Å²) in [6, 6.07) is 11.1. The normalized spacial score (nSPS) is 19.9. The molecule has 0 aliphatic heterocycles. The van der Waals surface area contributed by atoms with Crippen molar-refractivity contribution in [2.75, 3.05) is 11.9 Å². The largest absolute Gasteiger partial charge is 0.398 e. The number of nitrogens with zero attached hydrogens (tertiary/aromatic N) is 1. The molecule has 2 aliphatic carbocycles. The molecule has 4 rings (SSSR count). The van der Waals surface area contributed by atoms with Crippen molar-refractivity contribution in [3.63, 3.8) is 0 Å². The van der Waals surface area contributed by atoms with E-state index in [9.17, 15) is 4.79 Å². The topological polar surface area (TPSA) is 106 Å². The second-order valence-corrected chi connectivity index (χ2v) is 7.86. The Morgan fingerprint density at radius 3 is 2.77 bits per heavy atom. The number of carbonyl (C=O) groups is 1. The number of rotatable bonds is 8. The smallest absolute Gasteiger partial charge is 0.251 e. The highest BCUT2D eigenvalue weighted by molar-refractivity contribution is 5.95. The Kier molecular flexibility index (Phi) is 6.17. The number of hydrogen-bond donors (Lipinski definition) is 4. The Hall–Kier alpha value is -3.80. The maximum absolute atomic E-state index is 12.5. The SMILES string of the molecule is N/C(=C\C=C(/N)Nc1cccc(C(=O)NCCc2ccncc2)c1)C1=CC2CC2C=C1. The summed E-state index contributed by atoms with van der Waals surface area (Å²) in [5.74, 6) is 1.67. The molecule has 1 heterocycles. The molecule has 2 aliphatic rings. The summed E-state index contributed by atoms with van der Waals surface area (Å²) in [4.78, 5) is 16.5. The van der Waals surface area contributed by atoms with Gasteiger partial charge in [-0.1, -0.05) is 24.3 Å². The van der Waals surface area contributed by atoms with E-state index < -0.39 is 0 Å². The van der Waals surface area contributed by atoms with Crippen molar-refractivity contribution in [3.05, 3.63) is 107 Å². The van der Waals surface area contributed by atoms with Gasteiger partial charge in [-0.3, -0.25) is 9.78 Å². The second-order valence-electron chi connectivity index (χ2n) is 7.86. The molecule has 6 nitrogen and oxygen atoms in total. The first kappa shape index (κ1) is 20.5. The Morgan fingerprint density at radius 1 is 1.13 bits per heavy atom. The molecular weight excluding hydrogens is 386 g/mol. The lowest BCUT2D eigenvalue weighted by Crippen LogP contribution is -2.25. The predicted octanol–water partition coefficient (Wildman–Crippen LogP) is 3.24. The van der Waals surface area contributed by atoms with Crippen LogP contribution in [0.2, 0.25) is 0 Å². The highest BCUT2D eigenvalue weighted by Crippen LogP contribution is 2.44. The van der Waals surface area contributed by atoms with Crippen LogP contribution in [0, 0.1) is 11.8 Å². The number of nitrogens with two attached hydrogens (primary N) is 2. The van der Waals surface area contributed by atoms with E-state index in [4.69, 9.17) is 11.5 Å². The van der Waals surface area contributed by atoms with E-state index in [1.165, 1.54) is 6.42 Å². The van der Waals surface area contributed by atoms with Crippen LogP contribution in [0.3, 0.4) is 0 Å². The first-order valence-electron chi connectivity index (χ1n) is 10.5. The van der Waals surface area contributed by atoms with Gasteiger partial charge in [0, 0.05) is 35.9 Å². The van der Waals surface area contributed by atoms with Gasteiger partial charge in [0.25, 0.3) is 5.91 Å². The molecule has 6 N–H and O–H groups in total. The summed E-state index contributed by atoms with van der Waals surface area (Å²) in [5, 5.41) is 6.05. The monoisotopic (exact) mass is 413 g/mol. The summed E-state index contributed by atoms with van der Waals surface area (Å²) in [5.41, 5.74) is 16.5. The summed E-state index contributed by atoms with van der Waals surface area (Å²) < 4.78 is 0. The number of allylic oxidation sites excluding steroid dienone is 5. The van der Waals surface area contributed by atoms with E-state index in [2.05, 4.69) is 33.8 Å². The molecular formula is C25H27N5O. The molecule has 1 aromatic heterocycles. The average Bonchev–Trinajstić information content (AvgIpc) is 3.57. The minimum absolute atomic E-state index is 0.126. The van der Waals surface area contributed by atoms with Gasteiger partial charge >= 0.3 is 0 Å². The quantitative estimate of drug-likeness (QED) is 0.497. The van der Waals surface area contributed by atoms with E-state index in [0.717, 1.165) is 23.2 Å². The van der Waals surface area contributed by atoms with Gasteiger partial charge in [0.1, 0.15) is 5.82 Å². The number of hydrogen-bond acceptors (Lipinski definition) is 5. The summed E-state index contributed by atoms with van der Waals surface area (Å²) in [6.07, 6.45) is 15.5. The number of fused-ring (bicyclic) bond motifs is 1. The average molecular weight is 414 g/mol. The van der Waals surface area contributed by atoms with Gasteiger partial charge < -0.3 is 22.1 Å². The molecule has 2 atom stereocenters. The maximum atomic E-state index is 12.5. The van der Waals surface area contributed by atoms with Crippen molar-refractivity contribution in [1.82, 2.24) is 10.3 Å². The zero-order valence-electron chi connectivity index (χ0n) is 17.3. The highest BCUT2D eigenvalue weighted by Gasteiger charge is 2.35. The van der Waals surface area contributed by atoms with Crippen molar-refractivity contribution in [2.24, 2.45) is 23.3 Å². The molecule has 0 bridgehead atoms. The van der Waals surface area contributed by atoms with E-state index in [1.807, 2.05) is 24.3 Å². The number of pyridine rings is 1. The van der Waals surface area contributed by atoms with Crippen molar-refractivity contribution >= 4 is 11.6 Å². The third-order valence-electron chi connectivity index (χ3n) is 5.45. The van der Waals surface area contributed by atoms with Gasteiger partial charge in [-0.2, -0.15) is 0 Å². The van der Waals surface area contributed by atoms with Crippen molar-refractivity contribution < 1.29 is 4.79 Å². The molecule has 0 radical (unpaired) electrons. The van der Waals surface area contributed by atoms with Crippen LogP contribution in [0.1, 0.15) is 22.3 Å². The van der Waals surface area contributed by atoms with Crippen molar-refractivity contribution in [3.8, 4) is 0 Å².